The van der Waals surface area contributed by atoms with E-state index in [9.17, 15) is 18.0 Å². The Bertz CT molecular complexity index is 1140. The third-order valence-electron chi connectivity index (χ3n) is 6.77. The van der Waals surface area contributed by atoms with Gasteiger partial charge >= 0.3 is 5.97 Å². The molecule has 0 spiro atoms. The molecular weight excluding hydrogens is 440 g/mol. The van der Waals surface area contributed by atoms with Gasteiger partial charge in [0.1, 0.15) is 5.92 Å². The molecule has 2 aromatic rings. The smallest absolute Gasteiger partial charge is 0.318 e. The summed E-state index contributed by atoms with van der Waals surface area (Å²) in [5.41, 5.74) is 0.444. The summed E-state index contributed by atoms with van der Waals surface area (Å²) >= 11 is 0. The Labute approximate surface area is 195 Å². The number of ether oxygens (including phenoxy) is 1. The number of benzene rings is 1. The van der Waals surface area contributed by atoms with Crippen molar-refractivity contribution >= 4 is 21.6 Å². The van der Waals surface area contributed by atoms with E-state index in [1.165, 1.54) is 12.5 Å². The molecule has 2 heterocycles. The van der Waals surface area contributed by atoms with Crippen molar-refractivity contribution in [2.24, 2.45) is 18.9 Å². The van der Waals surface area contributed by atoms with Crippen molar-refractivity contribution in [2.75, 3.05) is 0 Å². The summed E-state index contributed by atoms with van der Waals surface area (Å²) in [6.07, 6.45) is 7.47. The Kier molecular flexibility index (Phi) is 6.49. The van der Waals surface area contributed by atoms with Crippen LogP contribution >= 0.6 is 0 Å². The molecule has 1 aromatic heterocycles. The number of esters is 1. The first-order valence-electron chi connectivity index (χ1n) is 11.8. The fourth-order valence-corrected chi connectivity index (χ4v) is 6.51. The van der Waals surface area contributed by atoms with E-state index in [4.69, 9.17) is 4.74 Å². The molecule has 7 nitrogen and oxygen atoms in total. The predicted octanol–water partition coefficient (Wildman–Crippen LogP) is 3.97. The lowest BCUT2D eigenvalue weighted by Gasteiger charge is -2.26. The van der Waals surface area contributed by atoms with Crippen LogP contribution in [0.5, 0.6) is 0 Å². The fourth-order valence-electron chi connectivity index (χ4n) is 5.21. The largest absolute Gasteiger partial charge is 0.450 e. The molecule has 8 heteroatoms. The lowest BCUT2D eigenvalue weighted by molar-refractivity contribution is -0.154. The Balaban J connectivity index is 1.64. The number of nitrogens with zero attached hydrogens (tertiary/aromatic N) is 2. The van der Waals surface area contributed by atoms with Crippen molar-refractivity contribution in [2.45, 2.75) is 74.7 Å². The zero-order valence-corrected chi connectivity index (χ0v) is 20.3. The Morgan fingerprint density at radius 2 is 1.88 bits per heavy atom. The summed E-state index contributed by atoms with van der Waals surface area (Å²) in [6, 6.07) is 7.31. The first-order chi connectivity index (χ1) is 15.7. The number of Topliss-reactive ketones (excluding diaryl/α,β-unsaturated/α-hetero) is 1. The standard InChI is InChI=1S/C25H32N2O5S/c1-4-11-25(12-5-2)23(28)22(24(29)32-25)21(18-9-10-18)19-8-6-7-17(13-19)15-33(30,31)20-14-27(3)16-26-20/h6-8,13-14,16,18,21-22H,4-5,9-12,15H2,1-3H3. The van der Waals surface area contributed by atoms with Crippen LogP contribution in [0.3, 0.4) is 0 Å². The summed E-state index contributed by atoms with van der Waals surface area (Å²) in [7, 11) is -1.88. The topological polar surface area (TPSA) is 95.3 Å². The molecule has 2 fully saturated rings. The fraction of sp³-hybridized carbons (Fsp3) is 0.560. The highest BCUT2D eigenvalue weighted by Gasteiger charge is 2.58. The van der Waals surface area contributed by atoms with Gasteiger partial charge in [-0.2, -0.15) is 0 Å². The molecule has 33 heavy (non-hydrogen) atoms. The molecule has 1 saturated heterocycles. The van der Waals surface area contributed by atoms with Crippen LogP contribution in [0, 0.1) is 11.8 Å². The molecule has 1 aromatic carbocycles. The van der Waals surface area contributed by atoms with Gasteiger partial charge in [0.2, 0.25) is 9.84 Å². The quantitative estimate of drug-likeness (QED) is 0.384. The summed E-state index contributed by atoms with van der Waals surface area (Å²) in [5.74, 6) is -1.58. The van der Waals surface area contributed by atoms with Crippen LogP contribution in [-0.4, -0.2) is 35.3 Å². The number of hydrogen-bond donors (Lipinski definition) is 0. The van der Waals surface area contributed by atoms with Gasteiger partial charge in [0.15, 0.2) is 16.4 Å². The summed E-state index contributed by atoms with van der Waals surface area (Å²) < 4.78 is 33.1. The Morgan fingerprint density at radius 1 is 1.18 bits per heavy atom. The lowest BCUT2D eigenvalue weighted by atomic mass is 9.75. The van der Waals surface area contributed by atoms with Crippen molar-refractivity contribution in [3.05, 3.63) is 47.9 Å². The molecule has 2 aliphatic rings. The van der Waals surface area contributed by atoms with Crippen LogP contribution in [0.15, 0.2) is 41.8 Å². The maximum Gasteiger partial charge on any atom is 0.318 e. The van der Waals surface area contributed by atoms with Crippen molar-refractivity contribution in [3.63, 3.8) is 0 Å². The Hall–Kier alpha value is -2.48. The number of aromatic nitrogens is 2. The Morgan fingerprint density at radius 3 is 2.45 bits per heavy atom. The minimum Gasteiger partial charge on any atom is -0.450 e. The minimum atomic E-state index is -3.60. The van der Waals surface area contributed by atoms with Crippen molar-refractivity contribution < 1.29 is 22.7 Å². The van der Waals surface area contributed by atoms with Gasteiger partial charge in [0.05, 0.1) is 12.1 Å². The molecule has 1 saturated carbocycles. The van der Waals surface area contributed by atoms with Crippen LogP contribution in [0.4, 0.5) is 0 Å². The molecule has 0 bridgehead atoms. The number of hydrogen-bond acceptors (Lipinski definition) is 6. The number of carbonyl (C=O) groups excluding carboxylic acids is 2. The van der Waals surface area contributed by atoms with Crippen LogP contribution in [0.25, 0.3) is 0 Å². The molecule has 178 valence electrons. The van der Waals surface area contributed by atoms with E-state index < -0.39 is 27.3 Å². The van der Waals surface area contributed by atoms with E-state index >= 15 is 0 Å². The third kappa shape index (κ3) is 4.63. The number of cyclic esters (lactones) is 1. The maximum atomic E-state index is 13.6. The van der Waals surface area contributed by atoms with Gasteiger partial charge in [-0.15, -0.1) is 0 Å². The summed E-state index contributed by atoms with van der Waals surface area (Å²) in [4.78, 5) is 30.6. The van der Waals surface area contributed by atoms with Crippen LogP contribution in [-0.2, 0) is 37.0 Å². The highest BCUT2D eigenvalue weighted by atomic mass is 32.2. The van der Waals surface area contributed by atoms with Gasteiger partial charge in [-0.05, 0) is 42.7 Å². The van der Waals surface area contributed by atoms with Gasteiger partial charge in [0, 0.05) is 19.2 Å². The van der Waals surface area contributed by atoms with Crippen molar-refractivity contribution in [3.8, 4) is 0 Å². The second-order valence-electron chi connectivity index (χ2n) is 9.50. The lowest BCUT2D eigenvalue weighted by Crippen LogP contribution is -2.38. The highest BCUT2D eigenvalue weighted by Crippen LogP contribution is 2.51. The average molecular weight is 473 g/mol. The number of rotatable bonds is 10. The maximum absolute atomic E-state index is 13.6. The van der Waals surface area contributed by atoms with Gasteiger partial charge < -0.3 is 9.30 Å². The molecule has 4 rings (SSSR count). The van der Waals surface area contributed by atoms with E-state index in [1.54, 1.807) is 17.7 Å². The number of sulfone groups is 1. The van der Waals surface area contributed by atoms with E-state index in [0.717, 1.165) is 31.2 Å². The first-order valence-corrected chi connectivity index (χ1v) is 13.4. The SMILES string of the molecule is CCCC1(CCC)OC(=O)C(C(c2cccc(CS(=O)(=O)c3cn(C)cn3)c2)C2CC2)C1=O. The second-order valence-corrected chi connectivity index (χ2v) is 11.4. The van der Waals surface area contributed by atoms with Gasteiger partial charge in [-0.1, -0.05) is 51.0 Å². The van der Waals surface area contributed by atoms with Crippen molar-refractivity contribution in [1.29, 1.82) is 0 Å². The molecule has 0 N–H and O–H groups in total. The van der Waals surface area contributed by atoms with Gasteiger partial charge in [0.25, 0.3) is 0 Å². The summed E-state index contributed by atoms with van der Waals surface area (Å²) in [5, 5.41) is 0.0348. The predicted molar refractivity (Wildman–Crippen MR) is 123 cm³/mol. The van der Waals surface area contributed by atoms with Crippen LogP contribution < -0.4 is 0 Å². The van der Waals surface area contributed by atoms with Crippen LogP contribution in [0.1, 0.15) is 69.4 Å². The number of carbonyl (C=O) groups is 2. The highest BCUT2D eigenvalue weighted by molar-refractivity contribution is 7.90. The summed E-state index contributed by atoms with van der Waals surface area (Å²) in [6.45, 7) is 3.99. The monoisotopic (exact) mass is 472 g/mol. The van der Waals surface area contributed by atoms with Crippen LogP contribution in [0.2, 0.25) is 0 Å². The van der Waals surface area contributed by atoms with E-state index in [1.807, 2.05) is 32.0 Å². The molecule has 2 unspecified atom stereocenters. The molecule has 0 amide bonds. The first kappa shape index (κ1) is 23.7. The van der Waals surface area contributed by atoms with Crippen molar-refractivity contribution in [1.82, 2.24) is 9.55 Å². The molecular formula is C25H32N2O5S. The number of ketones is 1. The second kappa shape index (κ2) is 9.05. The zero-order valence-electron chi connectivity index (χ0n) is 19.5. The van der Waals surface area contributed by atoms with E-state index in [0.29, 0.717) is 18.4 Å². The molecule has 1 aliphatic carbocycles. The molecule has 1 aliphatic heterocycles. The minimum absolute atomic E-state index is 0.0348. The van der Waals surface area contributed by atoms with Gasteiger partial charge in [-0.25, -0.2) is 13.4 Å². The zero-order chi connectivity index (χ0) is 23.8. The third-order valence-corrected chi connectivity index (χ3v) is 8.33. The van der Waals surface area contributed by atoms with E-state index in [-0.39, 0.29) is 28.4 Å². The van der Waals surface area contributed by atoms with E-state index in [2.05, 4.69) is 4.98 Å². The number of imidazole rings is 1. The molecule has 2 atom stereocenters. The number of aryl methyl sites for hydroxylation is 1. The van der Waals surface area contributed by atoms with Gasteiger partial charge in [-0.3, -0.25) is 9.59 Å². The normalized spacial score (nSPS) is 21.2. The molecule has 0 radical (unpaired) electrons. The average Bonchev–Trinajstić information content (AvgIpc) is 3.44.